The van der Waals surface area contributed by atoms with Crippen LogP contribution in [0, 0.1) is 12.7 Å². The van der Waals surface area contributed by atoms with Gasteiger partial charge >= 0.3 is 6.18 Å². The average molecular weight is 517 g/mol. The summed E-state index contributed by atoms with van der Waals surface area (Å²) in [6.07, 6.45) is 0.258. The van der Waals surface area contributed by atoms with Crippen LogP contribution in [0.5, 0.6) is 5.75 Å². The predicted octanol–water partition coefficient (Wildman–Crippen LogP) is 3.75. The maximum atomic E-state index is 13.4. The number of aliphatic imine (C=N–C) groups is 1. The van der Waals surface area contributed by atoms with E-state index >= 15 is 0 Å². The van der Waals surface area contributed by atoms with Crippen LogP contribution in [0.3, 0.4) is 0 Å². The molecule has 8 nitrogen and oxygen atoms in total. The molecule has 0 saturated carbocycles. The Morgan fingerprint density at radius 2 is 1.95 bits per heavy atom. The molecule has 0 radical (unpaired) electrons. The molecule has 1 aliphatic rings. The van der Waals surface area contributed by atoms with Gasteiger partial charge in [-0.3, -0.25) is 9.69 Å². The SMILES string of the molecule is COc1cc(/C=C2\N/C(=N\CC(F)(F)F)N([C@@H](CO)c3ccc(F)cc3)C2=O)ccc1-n1cnc(C)c1. The second-order valence-electron chi connectivity index (χ2n) is 8.22. The Balaban J connectivity index is 1.71. The van der Waals surface area contributed by atoms with Crippen molar-refractivity contribution in [1.82, 2.24) is 19.8 Å². The number of aliphatic hydroxyl groups excluding tert-OH is 1. The van der Waals surface area contributed by atoms with E-state index in [4.69, 9.17) is 4.74 Å². The van der Waals surface area contributed by atoms with Crippen molar-refractivity contribution in [2.45, 2.75) is 19.1 Å². The molecule has 1 aromatic heterocycles. The number of hydrogen-bond donors (Lipinski definition) is 2. The highest BCUT2D eigenvalue weighted by Gasteiger charge is 2.39. The second-order valence-corrected chi connectivity index (χ2v) is 8.22. The highest BCUT2D eigenvalue weighted by atomic mass is 19.4. The molecule has 2 heterocycles. The van der Waals surface area contributed by atoms with E-state index in [0.717, 1.165) is 22.7 Å². The van der Waals surface area contributed by atoms with Gasteiger partial charge in [0.2, 0.25) is 5.96 Å². The molecular weight excluding hydrogens is 494 g/mol. The quantitative estimate of drug-likeness (QED) is 0.368. The number of aliphatic hydroxyl groups is 1. The molecule has 0 bridgehead atoms. The topological polar surface area (TPSA) is 92.0 Å². The van der Waals surface area contributed by atoms with E-state index in [1.807, 2.05) is 13.1 Å². The Labute approximate surface area is 209 Å². The normalized spacial score (nSPS) is 16.9. The predicted molar refractivity (Wildman–Crippen MR) is 127 cm³/mol. The number of amides is 1. The number of hydrogen-bond acceptors (Lipinski definition) is 5. The number of carbonyl (C=O) groups excluding carboxylic acids is 1. The molecule has 1 aliphatic heterocycles. The molecule has 4 rings (SSSR count). The lowest BCUT2D eigenvalue weighted by molar-refractivity contribution is -0.125. The van der Waals surface area contributed by atoms with Crippen molar-refractivity contribution < 1.29 is 32.2 Å². The van der Waals surface area contributed by atoms with Crippen molar-refractivity contribution in [2.75, 3.05) is 20.3 Å². The first-order valence-electron chi connectivity index (χ1n) is 11.1. The number of benzene rings is 2. The highest BCUT2D eigenvalue weighted by molar-refractivity contribution is 6.15. The van der Waals surface area contributed by atoms with Gasteiger partial charge in [0.15, 0.2) is 0 Å². The van der Waals surface area contributed by atoms with Crippen LogP contribution < -0.4 is 10.1 Å². The Hall–Kier alpha value is -4.19. The van der Waals surface area contributed by atoms with Crippen molar-refractivity contribution >= 4 is 17.9 Å². The van der Waals surface area contributed by atoms with Gasteiger partial charge in [-0.25, -0.2) is 14.4 Å². The molecule has 1 saturated heterocycles. The molecule has 2 aromatic carbocycles. The third kappa shape index (κ3) is 5.80. The molecule has 1 atom stereocenters. The van der Waals surface area contributed by atoms with Gasteiger partial charge in [0, 0.05) is 6.20 Å². The van der Waals surface area contributed by atoms with E-state index in [0.29, 0.717) is 22.6 Å². The van der Waals surface area contributed by atoms with E-state index in [-0.39, 0.29) is 11.7 Å². The summed E-state index contributed by atoms with van der Waals surface area (Å²) in [4.78, 5) is 22.0. The molecule has 0 aliphatic carbocycles. The number of nitrogens with zero attached hydrogens (tertiary/aromatic N) is 4. The van der Waals surface area contributed by atoms with E-state index in [1.54, 1.807) is 29.1 Å². The summed E-state index contributed by atoms with van der Waals surface area (Å²) in [5.74, 6) is -1.16. The Morgan fingerprint density at radius 1 is 1.22 bits per heavy atom. The molecule has 1 fully saturated rings. The maximum Gasteiger partial charge on any atom is 0.408 e. The van der Waals surface area contributed by atoms with Crippen molar-refractivity contribution in [1.29, 1.82) is 0 Å². The number of aromatic nitrogens is 2. The minimum Gasteiger partial charge on any atom is -0.495 e. The first-order chi connectivity index (χ1) is 17.6. The van der Waals surface area contributed by atoms with Gasteiger partial charge in [0.25, 0.3) is 5.91 Å². The largest absolute Gasteiger partial charge is 0.495 e. The number of rotatable bonds is 7. The van der Waals surface area contributed by atoms with E-state index in [9.17, 15) is 27.5 Å². The van der Waals surface area contributed by atoms with Gasteiger partial charge in [-0.05, 0) is 48.4 Å². The van der Waals surface area contributed by atoms with Crippen molar-refractivity contribution in [3.8, 4) is 11.4 Å². The van der Waals surface area contributed by atoms with Crippen molar-refractivity contribution in [2.24, 2.45) is 4.99 Å². The van der Waals surface area contributed by atoms with E-state index < -0.39 is 37.1 Å². The summed E-state index contributed by atoms with van der Waals surface area (Å²) < 4.78 is 59.4. The van der Waals surface area contributed by atoms with Crippen LogP contribution in [-0.4, -0.2) is 57.9 Å². The fourth-order valence-corrected chi connectivity index (χ4v) is 3.87. The van der Waals surface area contributed by atoms with Crippen molar-refractivity contribution in [3.63, 3.8) is 0 Å². The summed E-state index contributed by atoms with van der Waals surface area (Å²) in [5, 5.41) is 12.7. The molecule has 3 aromatic rings. The minimum absolute atomic E-state index is 0.0604. The van der Waals surface area contributed by atoms with Crippen LogP contribution in [-0.2, 0) is 4.79 Å². The molecule has 0 unspecified atom stereocenters. The number of aryl methyl sites for hydroxylation is 1. The van der Waals surface area contributed by atoms with Crippen LogP contribution in [0.25, 0.3) is 11.8 Å². The second kappa shape index (κ2) is 10.4. The van der Waals surface area contributed by atoms with Gasteiger partial charge in [0.1, 0.15) is 23.8 Å². The monoisotopic (exact) mass is 517 g/mol. The number of guanidine groups is 1. The van der Waals surface area contributed by atoms with Gasteiger partial charge < -0.3 is 19.7 Å². The Kier molecular flexibility index (Phi) is 7.30. The standard InChI is InChI=1S/C25H23F4N5O3/c1-15-11-33(14-31-15)20-8-3-16(10-22(20)37-2)9-19-23(36)34(24(32-19)30-13-25(27,28)29)21(12-35)17-4-6-18(26)7-5-17/h3-11,14,21,35H,12-13H2,1-2H3,(H,30,32)/b19-9-/t21-/m0/s1. The molecule has 12 heteroatoms. The fraction of sp³-hybridized carbons (Fsp3) is 0.240. The van der Waals surface area contributed by atoms with E-state index in [2.05, 4.69) is 15.3 Å². The summed E-state index contributed by atoms with van der Waals surface area (Å²) in [6.45, 7) is -0.334. The van der Waals surface area contributed by atoms with Crippen LogP contribution in [0.4, 0.5) is 17.6 Å². The lowest BCUT2D eigenvalue weighted by atomic mass is 10.1. The summed E-state index contributed by atoms with van der Waals surface area (Å²) in [6, 6.07) is 8.95. The number of nitrogens with one attached hydrogen (secondary N) is 1. The maximum absolute atomic E-state index is 13.4. The summed E-state index contributed by atoms with van der Waals surface area (Å²) >= 11 is 0. The number of methoxy groups -OCH3 is 1. The molecule has 194 valence electrons. The zero-order valence-corrected chi connectivity index (χ0v) is 19.8. The molecule has 0 spiro atoms. The summed E-state index contributed by atoms with van der Waals surface area (Å²) in [5.41, 5.74) is 2.28. The molecule has 37 heavy (non-hydrogen) atoms. The number of ether oxygens (including phenoxy) is 1. The van der Waals surface area contributed by atoms with Gasteiger partial charge in [0.05, 0.1) is 37.5 Å². The van der Waals surface area contributed by atoms with Crippen LogP contribution in [0.2, 0.25) is 0 Å². The smallest absolute Gasteiger partial charge is 0.408 e. The van der Waals surface area contributed by atoms with Crippen LogP contribution in [0.15, 0.2) is 65.7 Å². The van der Waals surface area contributed by atoms with Gasteiger partial charge in [-0.15, -0.1) is 0 Å². The van der Waals surface area contributed by atoms with E-state index in [1.165, 1.54) is 25.3 Å². The summed E-state index contributed by atoms with van der Waals surface area (Å²) in [7, 11) is 1.48. The van der Waals surface area contributed by atoms with Gasteiger partial charge in [-0.2, -0.15) is 13.2 Å². The van der Waals surface area contributed by atoms with Gasteiger partial charge in [-0.1, -0.05) is 18.2 Å². The first kappa shape index (κ1) is 25.9. The number of imidazole rings is 1. The number of halogens is 4. The third-order valence-corrected chi connectivity index (χ3v) is 5.58. The number of alkyl halides is 3. The van der Waals surface area contributed by atoms with Crippen molar-refractivity contribution in [3.05, 3.63) is 83.3 Å². The average Bonchev–Trinajstić information content (AvgIpc) is 3.42. The fourth-order valence-electron chi connectivity index (χ4n) is 3.87. The lowest BCUT2D eigenvalue weighted by Gasteiger charge is -2.25. The zero-order valence-electron chi connectivity index (χ0n) is 19.8. The molecular formula is C25H23F4N5O3. The molecule has 2 N–H and O–H groups in total. The van der Waals surface area contributed by atoms with Crippen LogP contribution >= 0.6 is 0 Å². The Morgan fingerprint density at radius 3 is 2.54 bits per heavy atom. The highest BCUT2D eigenvalue weighted by Crippen LogP contribution is 2.29. The first-order valence-corrected chi connectivity index (χ1v) is 11.1. The zero-order chi connectivity index (χ0) is 26.7. The lowest BCUT2D eigenvalue weighted by Crippen LogP contribution is -2.38. The minimum atomic E-state index is -4.62. The third-order valence-electron chi connectivity index (χ3n) is 5.58. The van der Waals surface area contributed by atoms with Crippen LogP contribution in [0.1, 0.15) is 22.9 Å². The number of carbonyl (C=O) groups is 1. The Bertz CT molecular complexity index is 1350. The molecule has 1 amide bonds.